The molecule has 18 heavy (non-hydrogen) atoms. The minimum absolute atomic E-state index is 0.187. The van der Waals surface area contributed by atoms with Crippen LogP contribution in [0.1, 0.15) is 30.1 Å². The Hall–Kier alpha value is -1.99. The fourth-order valence-electron chi connectivity index (χ4n) is 2.49. The first-order chi connectivity index (χ1) is 8.75. The number of nitrogens with zero attached hydrogens (tertiary/aromatic N) is 6. The fourth-order valence-corrected chi connectivity index (χ4v) is 2.49. The number of aromatic amines is 1. The molecule has 8 heteroatoms. The molecule has 0 aromatic carbocycles. The summed E-state index contributed by atoms with van der Waals surface area (Å²) in [7, 11) is 0. The minimum Gasteiger partial charge on any atom is -0.348 e. The second-order valence-corrected chi connectivity index (χ2v) is 4.51. The molecule has 0 unspecified atom stereocenters. The molecule has 0 aliphatic carbocycles. The van der Waals surface area contributed by atoms with E-state index in [2.05, 4.69) is 25.5 Å². The van der Waals surface area contributed by atoms with Gasteiger partial charge in [0.15, 0.2) is 0 Å². The van der Waals surface area contributed by atoms with Crippen LogP contribution in [0.4, 0.5) is 10.4 Å². The highest BCUT2D eigenvalue weighted by molar-refractivity contribution is 5.29. The summed E-state index contributed by atoms with van der Waals surface area (Å²) in [5.41, 5.74) is 2.23. The normalized spacial score (nSPS) is 17.3. The summed E-state index contributed by atoms with van der Waals surface area (Å²) >= 11 is 0. The average Bonchev–Trinajstić information content (AvgIpc) is 2.98. The third-order valence-electron chi connectivity index (χ3n) is 3.45. The van der Waals surface area contributed by atoms with E-state index in [1.165, 1.54) is 0 Å². The molecule has 2 aromatic heterocycles. The molecule has 7 nitrogen and oxygen atoms in total. The van der Waals surface area contributed by atoms with E-state index < -0.39 is 0 Å². The van der Waals surface area contributed by atoms with Crippen molar-refractivity contribution in [1.82, 2.24) is 30.4 Å². The number of rotatable bonds is 2. The molecular weight excluding hydrogens is 237 g/mol. The first-order valence-electron chi connectivity index (χ1n) is 5.95. The van der Waals surface area contributed by atoms with Crippen molar-refractivity contribution in [2.45, 2.75) is 25.7 Å². The molecular formula is C10H14FN7. The molecule has 0 spiro atoms. The molecule has 1 fully saturated rings. The average molecular weight is 251 g/mol. The molecule has 1 aliphatic heterocycles. The maximum Gasteiger partial charge on any atom is 0.277 e. The van der Waals surface area contributed by atoms with Gasteiger partial charge in [0.05, 0.1) is 12.0 Å². The largest absolute Gasteiger partial charge is 0.348 e. The summed E-state index contributed by atoms with van der Waals surface area (Å²) < 4.78 is 13.2. The Kier molecular flexibility index (Phi) is 2.69. The maximum atomic E-state index is 13.2. The fraction of sp³-hybridized carbons (Fsp3) is 0.600. The Morgan fingerprint density at radius 2 is 2.17 bits per heavy atom. The second-order valence-electron chi connectivity index (χ2n) is 4.51. The first-order valence-corrected chi connectivity index (χ1v) is 5.95. The SMILES string of the molecule is Cc1[nH]cnc1C1CCN(c2nnnn2F)CC1. The molecule has 0 saturated carbocycles. The molecule has 0 atom stereocenters. The van der Waals surface area contributed by atoms with Crippen LogP contribution in [0.15, 0.2) is 6.33 Å². The highest BCUT2D eigenvalue weighted by Gasteiger charge is 2.26. The zero-order valence-electron chi connectivity index (χ0n) is 10.0. The van der Waals surface area contributed by atoms with Gasteiger partial charge in [-0.05, 0) is 35.1 Å². The van der Waals surface area contributed by atoms with E-state index in [0.717, 1.165) is 37.3 Å². The Morgan fingerprint density at radius 3 is 2.72 bits per heavy atom. The molecule has 3 heterocycles. The number of hydrogen-bond donors (Lipinski definition) is 1. The molecule has 2 aromatic rings. The maximum absolute atomic E-state index is 13.2. The molecule has 1 aliphatic rings. The number of nitrogens with one attached hydrogen (secondary N) is 1. The van der Waals surface area contributed by atoms with Gasteiger partial charge in [0, 0.05) is 24.7 Å². The lowest BCUT2D eigenvalue weighted by Crippen LogP contribution is -2.34. The van der Waals surface area contributed by atoms with Gasteiger partial charge in [-0.25, -0.2) is 4.98 Å². The summed E-state index contributed by atoms with van der Waals surface area (Å²) in [6.45, 7) is 3.50. The molecule has 1 N–H and O–H groups in total. The number of halogens is 1. The van der Waals surface area contributed by atoms with E-state index in [9.17, 15) is 4.48 Å². The Bertz CT molecular complexity index is 478. The zero-order chi connectivity index (χ0) is 12.5. The van der Waals surface area contributed by atoms with E-state index in [1.807, 2.05) is 11.8 Å². The van der Waals surface area contributed by atoms with Gasteiger partial charge in [-0.1, -0.05) is 9.58 Å². The van der Waals surface area contributed by atoms with Crippen LogP contribution < -0.4 is 4.90 Å². The number of H-pyrrole nitrogens is 1. The van der Waals surface area contributed by atoms with E-state index in [0.29, 0.717) is 5.92 Å². The van der Waals surface area contributed by atoms with Crippen LogP contribution in [-0.2, 0) is 0 Å². The van der Waals surface area contributed by atoms with E-state index in [4.69, 9.17) is 0 Å². The summed E-state index contributed by atoms with van der Waals surface area (Å²) in [6, 6.07) is 0. The van der Waals surface area contributed by atoms with Crippen LogP contribution in [0.3, 0.4) is 0 Å². The summed E-state index contributed by atoms with van der Waals surface area (Å²) in [6.07, 6.45) is 3.58. The van der Waals surface area contributed by atoms with Gasteiger partial charge >= 0.3 is 0 Å². The smallest absolute Gasteiger partial charge is 0.277 e. The lowest BCUT2D eigenvalue weighted by molar-refractivity contribution is 0.304. The molecule has 0 bridgehead atoms. The van der Waals surface area contributed by atoms with Gasteiger partial charge < -0.3 is 9.88 Å². The van der Waals surface area contributed by atoms with Gasteiger partial charge in [-0.15, -0.1) is 0 Å². The van der Waals surface area contributed by atoms with Crippen molar-refractivity contribution in [3.05, 3.63) is 17.7 Å². The minimum atomic E-state index is 0.187. The standard InChI is InChI=1S/C10H14FN7/c1-7-9(13-6-12-7)8-2-4-17(5-3-8)10-14-15-16-18(10)11/h6,8H,2-5H2,1H3,(H,12,13). The van der Waals surface area contributed by atoms with Gasteiger partial charge in [0.1, 0.15) is 0 Å². The van der Waals surface area contributed by atoms with Crippen LogP contribution in [0.5, 0.6) is 0 Å². The molecule has 0 amide bonds. The van der Waals surface area contributed by atoms with Crippen LogP contribution >= 0.6 is 0 Å². The van der Waals surface area contributed by atoms with E-state index in [1.54, 1.807) is 6.33 Å². The van der Waals surface area contributed by atoms with Crippen LogP contribution in [-0.4, -0.2) is 43.5 Å². The van der Waals surface area contributed by atoms with Gasteiger partial charge in [0.25, 0.3) is 5.95 Å². The predicted molar refractivity (Wildman–Crippen MR) is 61.8 cm³/mol. The van der Waals surface area contributed by atoms with Crippen molar-refractivity contribution in [2.75, 3.05) is 18.0 Å². The number of tetrazole rings is 1. The lowest BCUT2D eigenvalue weighted by atomic mass is 9.93. The van der Waals surface area contributed by atoms with Crippen molar-refractivity contribution in [3.63, 3.8) is 0 Å². The van der Waals surface area contributed by atoms with Crippen molar-refractivity contribution < 1.29 is 4.48 Å². The van der Waals surface area contributed by atoms with Gasteiger partial charge in [-0.3, -0.25) is 0 Å². The quantitative estimate of drug-likeness (QED) is 0.855. The van der Waals surface area contributed by atoms with E-state index >= 15 is 0 Å². The molecule has 0 radical (unpaired) electrons. The van der Waals surface area contributed by atoms with Crippen molar-refractivity contribution in [1.29, 1.82) is 0 Å². The van der Waals surface area contributed by atoms with Crippen molar-refractivity contribution >= 4 is 5.95 Å². The highest BCUT2D eigenvalue weighted by atomic mass is 19.2. The Balaban J connectivity index is 1.69. The summed E-state index contributed by atoms with van der Waals surface area (Å²) in [5, 5.41) is 10.2. The second kappa shape index (κ2) is 4.35. The number of imidazole rings is 1. The van der Waals surface area contributed by atoms with Crippen LogP contribution in [0.25, 0.3) is 0 Å². The number of aromatic nitrogens is 6. The van der Waals surface area contributed by atoms with Crippen LogP contribution in [0.2, 0.25) is 0 Å². The van der Waals surface area contributed by atoms with Gasteiger partial charge in [0.2, 0.25) is 0 Å². The first kappa shape index (κ1) is 11.1. The highest BCUT2D eigenvalue weighted by Crippen LogP contribution is 2.29. The Labute approximate surface area is 103 Å². The molecule has 3 rings (SSSR count). The third kappa shape index (κ3) is 1.83. The number of hydrogen-bond acceptors (Lipinski definition) is 5. The number of aryl methyl sites for hydroxylation is 1. The van der Waals surface area contributed by atoms with Crippen molar-refractivity contribution in [3.8, 4) is 0 Å². The van der Waals surface area contributed by atoms with Crippen molar-refractivity contribution in [2.24, 2.45) is 0 Å². The molecule has 1 saturated heterocycles. The number of anilines is 1. The topological polar surface area (TPSA) is 75.5 Å². The third-order valence-corrected chi connectivity index (χ3v) is 3.45. The summed E-state index contributed by atoms with van der Waals surface area (Å²) in [4.78, 5) is 9.53. The predicted octanol–water partition coefficient (Wildman–Crippen LogP) is 0.821. The van der Waals surface area contributed by atoms with Crippen LogP contribution in [0, 0.1) is 6.92 Å². The number of piperidine rings is 1. The monoisotopic (exact) mass is 251 g/mol. The Morgan fingerprint density at radius 1 is 1.39 bits per heavy atom. The summed E-state index contributed by atoms with van der Waals surface area (Å²) in [5.74, 6) is 0.614. The molecule has 96 valence electrons. The van der Waals surface area contributed by atoms with E-state index in [-0.39, 0.29) is 10.9 Å². The van der Waals surface area contributed by atoms with Gasteiger partial charge in [-0.2, -0.15) is 0 Å². The lowest BCUT2D eigenvalue weighted by Gasteiger charge is -2.30. The zero-order valence-corrected chi connectivity index (χ0v) is 10.0.